The Balaban J connectivity index is 0.809. The van der Waals surface area contributed by atoms with Crippen molar-refractivity contribution in [2.75, 3.05) is 0 Å². The summed E-state index contributed by atoms with van der Waals surface area (Å²) in [5.41, 5.74) is 19.6. The number of ether oxygens (including phenoxy) is 1. The second-order valence-electron chi connectivity index (χ2n) is 45.7. The molecule has 0 spiro atoms. The highest BCUT2D eigenvalue weighted by molar-refractivity contribution is 5.67. The van der Waals surface area contributed by atoms with E-state index in [9.17, 15) is 4.74 Å². The van der Waals surface area contributed by atoms with Crippen molar-refractivity contribution in [1.29, 1.82) is 0 Å². The number of hydrogen-bond acceptors (Lipinski definition) is 1. The Labute approximate surface area is 563 Å². The summed E-state index contributed by atoms with van der Waals surface area (Å²) in [7, 11) is 0. The Kier molecular flexibility index (Phi) is 10.7. The van der Waals surface area contributed by atoms with Gasteiger partial charge in [0.25, 0.3) is 0 Å². The summed E-state index contributed by atoms with van der Waals surface area (Å²) in [6.45, 7) is 0. The number of benzene rings is 2. The lowest BCUT2D eigenvalue weighted by molar-refractivity contribution is -0.0301. The zero-order valence-electron chi connectivity index (χ0n) is 58.3. The van der Waals surface area contributed by atoms with Crippen LogP contribution in [0.1, 0.15) is 353 Å². The van der Waals surface area contributed by atoms with E-state index >= 15 is 0 Å². The molecule has 32 aliphatic rings. The topological polar surface area (TPSA) is 9.23 Å². The van der Waals surface area contributed by atoms with Gasteiger partial charge in [-0.15, -0.1) is 0 Å². The van der Waals surface area contributed by atoms with Crippen molar-refractivity contribution in [2.45, 2.75) is 352 Å². The van der Waals surface area contributed by atoms with E-state index in [4.69, 9.17) is 6.07 Å². The minimum absolute atomic E-state index is 0.266. The second-order valence-corrected chi connectivity index (χ2v) is 45.7. The molecule has 2 aromatic rings. The predicted molar refractivity (Wildman–Crippen MR) is 371 cm³/mol. The summed E-state index contributed by atoms with van der Waals surface area (Å²) in [5.74, 6) is 26.2. The molecular formula is C92H121O. The normalized spacial score (nSPS) is 59.0. The second kappa shape index (κ2) is 18.1. The maximum Gasteiger partial charge on any atom is 0.139 e. The van der Waals surface area contributed by atoms with Gasteiger partial charge in [-0.2, -0.15) is 0 Å². The maximum absolute atomic E-state index is 9.73. The van der Waals surface area contributed by atoms with Crippen LogP contribution in [0.2, 0.25) is 0 Å². The summed E-state index contributed by atoms with van der Waals surface area (Å²) >= 11 is 0. The summed E-state index contributed by atoms with van der Waals surface area (Å²) in [5, 5.41) is 0. The predicted octanol–water partition coefficient (Wildman–Crippen LogP) is 23.0. The highest BCUT2D eigenvalue weighted by Gasteiger charge is 2.68. The third-order valence-electron chi connectivity index (χ3n) is 39.3. The Morgan fingerprint density at radius 3 is 0.667 bits per heavy atom. The van der Waals surface area contributed by atoms with Gasteiger partial charge in [0.2, 0.25) is 0 Å². The lowest BCUT2D eigenvalue weighted by Crippen LogP contribution is -2.57. The molecule has 0 amide bonds. The molecule has 495 valence electrons. The minimum Gasteiger partial charge on any atom is -0.456 e. The van der Waals surface area contributed by atoms with Crippen molar-refractivity contribution < 1.29 is 4.74 Å². The van der Waals surface area contributed by atoms with Crippen LogP contribution in [0, 0.1) is 148 Å². The van der Waals surface area contributed by atoms with Crippen LogP contribution in [0.5, 0.6) is 11.5 Å². The molecule has 32 saturated carbocycles. The maximum atomic E-state index is 9.73. The first-order valence-electron chi connectivity index (χ1n) is 43.4. The van der Waals surface area contributed by atoms with E-state index in [-0.39, 0.29) is 10.8 Å². The molecule has 32 bridgehead atoms. The minimum atomic E-state index is 0.266. The lowest BCUT2D eigenvalue weighted by Gasteiger charge is -2.65. The first kappa shape index (κ1) is 55.0. The van der Waals surface area contributed by atoms with Gasteiger partial charge in [0.15, 0.2) is 0 Å². The van der Waals surface area contributed by atoms with Crippen LogP contribution in [-0.2, 0) is 43.3 Å². The molecule has 2 aromatic carbocycles. The van der Waals surface area contributed by atoms with Crippen LogP contribution in [0.25, 0.3) is 0 Å². The largest absolute Gasteiger partial charge is 0.456 e. The van der Waals surface area contributed by atoms with Crippen molar-refractivity contribution in [3.8, 4) is 11.5 Å². The van der Waals surface area contributed by atoms with Gasteiger partial charge in [0, 0.05) is 28.0 Å². The fourth-order valence-electron chi connectivity index (χ4n) is 40.9. The van der Waals surface area contributed by atoms with Crippen molar-refractivity contribution in [3.63, 3.8) is 0 Å². The molecule has 1 heteroatoms. The molecule has 0 heterocycles. The third-order valence-corrected chi connectivity index (χ3v) is 39.3. The van der Waals surface area contributed by atoms with Crippen LogP contribution < -0.4 is 4.74 Å². The van der Waals surface area contributed by atoms with Crippen LogP contribution in [0.4, 0.5) is 0 Å². The summed E-state index contributed by atoms with van der Waals surface area (Å²) < 4.78 is 9.73. The molecule has 32 aliphatic carbocycles. The van der Waals surface area contributed by atoms with Crippen LogP contribution in [0.3, 0.4) is 0 Å². The van der Waals surface area contributed by atoms with Gasteiger partial charge < -0.3 is 4.74 Å². The van der Waals surface area contributed by atoms with Gasteiger partial charge >= 0.3 is 0 Å². The molecule has 0 N–H and O–H groups in total. The number of hydrogen-bond donors (Lipinski definition) is 0. The first-order valence-corrected chi connectivity index (χ1v) is 43.4. The standard InChI is InChI=1S/C92H121O/c1-51-2-53-3-52(1)28-85(27-51,29-53)75-25-77(81(89-39-63-13-64(40-89)15-65(14-63)41-89)83(91-45-69-19-70(46-91)21-71(20-69)47-91)79(75)87-33-57-7-58(34-87)9-59(8-57)35-87)93-78-26-76(86-30-54-4-55(31-86)6-56(5-54)32-86)80(88-36-60-10-61(37-88)12-62(11-60)38-88)84(92-48-72-22-73(49-92)24-74(23-72)50-92)82(78)90-42-66-16-67(43-90)18-68(17-66)44-90/h25,51-74H,1-24,27-50H2. The van der Waals surface area contributed by atoms with E-state index in [1.165, 1.54) is 82.8 Å². The van der Waals surface area contributed by atoms with E-state index in [0.29, 0.717) is 32.5 Å². The van der Waals surface area contributed by atoms with Gasteiger partial charge in [-0.1, -0.05) is 0 Å². The SMILES string of the molecule is [c]1c(Oc2cc(C34CC5CC(CC(C5)C3)C4)c(C34CC5CC(CC(C5)C3)C4)c(C34CC5CC(CC(C5)C3)C4)c2C23CC4CC(CC(C4)C2)C3)c(C23CC4CC(CC(C4)C2)C3)c(C23CC4CC(CC(C4)C2)C3)c(C23CC4CC(CC(C4)C2)C3)c1C12CC3CC(CC(C3)C1)C2. The smallest absolute Gasteiger partial charge is 0.139 e. The van der Waals surface area contributed by atoms with E-state index < -0.39 is 0 Å². The Morgan fingerprint density at radius 1 is 0.204 bits per heavy atom. The highest BCUT2D eigenvalue weighted by atomic mass is 16.5. The van der Waals surface area contributed by atoms with Gasteiger partial charge in [-0.25, -0.2) is 0 Å². The average Bonchev–Trinajstić information content (AvgIpc) is 0.676. The zero-order valence-corrected chi connectivity index (χ0v) is 58.3. The molecule has 0 aromatic heterocycles. The first-order chi connectivity index (χ1) is 45.3. The van der Waals surface area contributed by atoms with Gasteiger partial charge in [-0.3, -0.25) is 0 Å². The Hall–Kier alpha value is -1.76. The van der Waals surface area contributed by atoms with E-state index in [2.05, 4.69) is 33.9 Å². The quantitative estimate of drug-likeness (QED) is 0.230. The summed E-state index contributed by atoms with van der Waals surface area (Å²) in [4.78, 5) is 0. The Bertz CT molecular complexity index is 3040. The van der Waals surface area contributed by atoms with Crippen molar-refractivity contribution >= 4 is 0 Å². The molecule has 34 rings (SSSR count). The molecule has 0 unspecified atom stereocenters. The average molecular weight is 1240 g/mol. The van der Waals surface area contributed by atoms with E-state index in [1.54, 1.807) is 237 Å². The van der Waals surface area contributed by atoms with Crippen LogP contribution in [0.15, 0.2) is 6.07 Å². The third kappa shape index (κ3) is 7.49. The van der Waals surface area contributed by atoms with Gasteiger partial charge in [-0.05, 0) is 522 Å². The molecule has 0 saturated heterocycles. The monoisotopic (exact) mass is 1240 g/mol. The summed E-state index contributed by atoms with van der Waals surface area (Å²) in [6.07, 6.45) is 74.6. The zero-order chi connectivity index (χ0) is 59.7. The summed E-state index contributed by atoms with van der Waals surface area (Å²) in [6, 6.07) is 8.60. The highest BCUT2D eigenvalue weighted by Crippen LogP contribution is 2.77. The molecule has 32 fully saturated rings. The fraction of sp³-hybridized carbons (Fsp3) is 0.870. The van der Waals surface area contributed by atoms with E-state index in [0.717, 1.165) is 142 Å². The van der Waals surface area contributed by atoms with Gasteiger partial charge in [0.05, 0.1) is 0 Å². The van der Waals surface area contributed by atoms with Crippen LogP contribution >= 0.6 is 0 Å². The van der Waals surface area contributed by atoms with Crippen molar-refractivity contribution in [2.24, 2.45) is 142 Å². The molecule has 0 atom stereocenters. The van der Waals surface area contributed by atoms with Crippen molar-refractivity contribution in [1.82, 2.24) is 0 Å². The Morgan fingerprint density at radius 2 is 0.398 bits per heavy atom. The number of rotatable bonds is 10. The fourth-order valence-corrected chi connectivity index (χ4v) is 40.9. The van der Waals surface area contributed by atoms with Crippen molar-refractivity contribution in [3.05, 3.63) is 56.6 Å². The molecule has 1 radical (unpaired) electrons. The molecule has 1 nitrogen and oxygen atoms in total. The van der Waals surface area contributed by atoms with Crippen LogP contribution in [-0.4, -0.2) is 0 Å². The van der Waals surface area contributed by atoms with Gasteiger partial charge in [0.1, 0.15) is 11.5 Å². The lowest BCUT2D eigenvalue weighted by atomic mass is 9.39. The molecule has 0 aliphatic heterocycles. The molecular weight excluding hydrogens is 1120 g/mol. The van der Waals surface area contributed by atoms with E-state index in [1.807, 2.05) is 16.7 Å². The molecule has 93 heavy (non-hydrogen) atoms.